The Morgan fingerprint density at radius 1 is 1.32 bits per heavy atom. The Bertz CT molecular complexity index is 590. The van der Waals surface area contributed by atoms with Gasteiger partial charge in [0.15, 0.2) is 0 Å². The van der Waals surface area contributed by atoms with Gasteiger partial charge in [-0.15, -0.1) is 0 Å². The van der Waals surface area contributed by atoms with Crippen LogP contribution in [0.5, 0.6) is 0 Å². The van der Waals surface area contributed by atoms with Gasteiger partial charge in [0.1, 0.15) is 0 Å². The second kappa shape index (κ2) is 7.30. The van der Waals surface area contributed by atoms with E-state index in [-0.39, 0.29) is 17.5 Å². The van der Waals surface area contributed by atoms with Crippen molar-refractivity contribution in [3.63, 3.8) is 0 Å². The van der Waals surface area contributed by atoms with E-state index in [1.54, 1.807) is 0 Å². The van der Waals surface area contributed by atoms with Gasteiger partial charge >= 0.3 is 6.03 Å². The highest BCUT2D eigenvalue weighted by atomic mass is 16.5. The van der Waals surface area contributed by atoms with E-state index in [1.165, 1.54) is 0 Å². The normalized spacial score (nSPS) is 30.1. The third-order valence-electron chi connectivity index (χ3n) is 5.95. The molecule has 3 aliphatic rings. The zero-order valence-electron chi connectivity index (χ0n) is 14.8. The zero-order chi connectivity index (χ0) is 17.1. The van der Waals surface area contributed by atoms with Gasteiger partial charge in [0.25, 0.3) is 0 Å². The summed E-state index contributed by atoms with van der Waals surface area (Å²) in [6.07, 6.45) is 6.10. The summed E-state index contributed by atoms with van der Waals surface area (Å²) in [5.41, 5.74) is 1.15. The molecular weight excluding hydrogens is 316 g/mol. The topological polar surface area (TPSA) is 57.7 Å². The maximum Gasteiger partial charge on any atom is 0.317 e. The lowest BCUT2D eigenvalue weighted by Crippen LogP contribution is -2.56. The highest BCUT2D eigenvalue weighted by Gasteiger charge is 2.47. The first kappa shape index (κ1) is 16.8. The van der Waals surface area contributed by atoms with Crippen molar-refractivity contribution in [3.8, 4) is 0 Å². The molecule has 0 radical (unpaired) electrons. The van der Waals surface area contributed by atoms with Crippen molar-refractivity contribution >= 4 is 6.03 Å². The molecule has 3 aliphatic heterocycles. The first-order valence-electron chi connectivity index (χ1n) is 9.51. The van der Waals surface area contributed by atoms with Crippen LogP contribution in [-0.2, 0) is 11.3 Å². The van der Waals surface area contributed by atoms with E-state index in [0.717, 1.165) is 77.3 Å². The van der Waals surface area contributed by atoms with Crippen LogP contribution in [0, 0.1) is 5.41 Å². The highest BCUT2D eigenvalue weighted by molar-refractivity contribution is 5.74. The molecule has 0 aliphatic carbocycles. The molecule has 0 unspecified atom stereocenters. The second-order valence-corrected chi connectivity index (χ2v) is 7.68. The van der Waals surface area contributed by atoms with Crippen molar-refractivity contribution in [3.05, 3.63) is 30.1 Å². The Morgan fingerprint density at radius 2 is 2.20 bits per heavy atom. The van der Waals surface area contributed by atoms with E-state index in [0.29, 0.717) is 0 Å². The van der Waals surface area contributed by atoms with Crippen molar-refractivity contribution in [2.45, 2.75) is 38.3 Å². The fourth-order valence-electron chi connectivity index (χ4n) is 4.51. The first-order chi connectivity index (χ1) is 12.3. The van der Waals surface area contributed by atoms with Gasteiger partial charge in [-0.05, 0) is 44.4 Å². The molecule has 136 valence electrons. The molecule has 1 N–H and O–H groups in total. The Balaban J connectivity index is 1.40. The van der Waals surface area contributed by atoms with E-state index >= 15 is 0 Å². The van der Waals surface area contributed by atoms with Crippen LogP contribution >= 0.6 is 0 Å². The van der Waals surface area contributed by atoms with Gasteiger partial charge in [-0.2, -0.15) is 0 Å². The van der Waals surface area contributed by atoms with Crippen LogP contribution in [0.3, 0.4) is 0 Å². The van der Waals surface area contributed by atoms with Gasteiger partial charge in [-0.25, -0.2) is 4.79 Å². The number of nitrogens with zero attached hydrogens (tertiary/aromatic N) is 3. The van der Waals surface area contributed by atoms with E-state index < -0.39 is 0 Å². The Hall–Kier alpha value is -1.66. The molecule has 4 heterocycles. The maximum atomic E-state index is 12.6. The number of hydrogen-bond acceptors (Lipinski definition) is 4. The third-order valence-corrected chi connectivity index (χ3v) is 5.95. The predicted molar refractivity (Wildman–Crippen MR) is 95.1 cm³/mol. The van der Waals surface area contributed by atoms with Crippen molar-refractivity contribution in [1.29, 1.82) is 0 Å². The van der Waals surface area contributed by atoms with Gasteiger partial charge in [0.2, 0.25) is 0 Å². The lowest BCUT2D eigenvalue weighted by molar-refractivity contribution is -0.0256. The van der Waals surface area contributed by atoms with E-state index in [9.17, 15) is 4.79 Å². The lowest BCUT2D eigenvalue weighted by Gasteiger charge is -2.42. The quantitative estimate of drug-likeness (QED) is 0.909. The molecule has 3 saturated heterocycles. The molecule has 6 nitrogen and oxygen atoms in total. The van der Waals surface area contributed by atoms with Gasteiger partial charge in [0.05, 0.1) is 12.3 Å². The van der Waals surface area contributed by atoms with Crippen LogP contribution in [0.25, 0.3) is 0 Å². The van der Waals surface area contributed by atoms with Crippen molar-refractivity contribution < 1.29 is 9.53 Å². The molecule has 1 spiro atoms. The van der Waals surface area contributed by atoms with Crippen LogP contribution in [0.2, 0.25) is 0 Å². The number of ether oxygens (including phenoxy) is 1. The standard InChI is InChI=1S/C19H28N4O2/c24-18(23-9-3-4-10-23)21-17-6-12-25-15-19(17)7-11-22(14-19)13-16-5-1-2-8-20-16/h1-2,5,8,17H,3-4,6-7,9-15H2,(H,21,24)/t17-,19-/m0/s1. The highest BCUT2D eigenvalue weighted by Crippen LogP contribution is 2.39. The average Bonchev–Trinajstić information content (AvgIpc) is 3.29. The minimum absolute atomic E-state index is 0.0441. The summed E-state index contributed by atoms with van der Waals surface area (Å²) in [5.74, 6) is 0. The largest absolute Gasteiger partial charge is 0.381 e. The number of carbonyl (C=O) groups excluding carboxylic acids is 1. The summed E-state index contributed by atoms with van der Waals surface area (Å²) >= 11 is 0. The lowest BCUT2D eigenvalue weighted by atomic mass is 9.77. The van der Waals surface area contributed by atoms with Gasteiger partial charge < -0.3 is 15.0 Å². The number of carbonyl (C=O) groups is 1. The van der Waals surface area contributed by atoms with Crippen LogP contribution in [0.1, 0.15) is 31.4 Å². The van der Waals surface area contributed by atoms with Gasteiger partial charge in [-0.3, -0.25) is 9.88 Å². The average molecular weight is 344 g/mol. The molecule has 1 aromatic heterocycles. The number of likely N-dealkylation sites (tertiary alicyclic amines) is 2. The molecule has 3 fully saturated rings. The molecular formula is C19H28N4O2. The van der Waals surface area contributed by atoms with E-state index in [1.807, 2.05) is 23.2 Å². The monoisotopic (exact) mass is 344 g/mol. The molecule has 0 bridgehead atoms. The Labute approximate surface area is 149 Å². The Morgan fingerprint density at radius 3 is 3.00 bits per heavy atom. The van der Waals surface area contributed by atoms with Crippen molar-refractivity contribution in [1.82, 2.24) is 20.1 Å². The van der Waals surface area contributed by atoms with E-state index in [4.69, 9.17) is 4.74 Å². The second-order valence-electron chi connectivity index (χ2n) is 7.68. The first-order valence-corrected chi connectivity index (χ1v) is 9.51. The van der Waals surface area contributed by atoms with Crippen molar-refractivity contribution in [2.75, 3.05) is 39.4 Å². The number of pyridine rings is 1. The summed E-state index contributed by atoms with van der Waals surface area (Å²) in [4.78, 5) is 21.4. The number of aromatic nitrogens is 1. The summed E-state index contributed by atoms with van der Waals surface area (Å²) in [6, 6.07) is 6.40. The summed E-state index contributed by atoms with van der Waals surface area (Å²) < 4.78 is 5.84. The summed E-state index contributed by atoms with van der Waals surface area (Å²) in [6.45, 7) is 6.16. The predicted octanol–water partition coefficient (Wildman–Crippen LogP) is 1.87. The van der Waals surface area contributed by atoms with Gasteiger partial charge in [-0.1, -0.05) is 6.07 Å². The summed E-state index contributed by atoms with van der Waals surface area (Å²) in [7, 11) is 0. The number of amides is 2. The molecule has 2 atom stereocenters. The Kier molecular flexibility index (Phi) is 4.90. The molecule has 1 aromatic rings. The molecule has 0 saturated carbocycles. The van der Waals surface area contributed by atoms with Crippen molar-refractivity contribution in [2.24, 2.45) is 5.41 Å². The van der Waals surface area contributed by atoms with Crippen LogP contribution in [0.15, 0.2) is 24.4 Å². The third kappa shape index (κ3) is 3.65. The zero-order valence-corrected chi connectivity index (χ0v) is 14.8. The number of rotatable bonds is 3. The van der Waals surface area contributed by atoms with Crippen LogP contribution in [-0.4, -0.2) is 66.2 Å². The van der Waals surface area contributed by atoms with E-state index in [2.05, 4.69) is 21.3 Å². The number of urea groups is 1. The minimum Gasteiger partial charge on any atom is -0.381 e. The molecule has 6 heteroatoms. The van der Waals surface area contributed by atoms with Crippen LogP contribution < -0.4 is 5.32 Å². The molecule has 2 amide bonds. The molecule has 25 heavy (non-hydrogen) atoms. The fourth-order valence-corrected chi connectivity index (χ4v) is 4.51. The minimum atomic E-state index is 0.0441. The smallest absolute Gasteiger partial charge is 0.317 e. The fraction of sp³-hybridized carbons (Fsp3) is 0.684. The maximum absolute atomic E-state index is 12.6. The van der Waals surface area contributed by atoms with Gasteiger partial charge in [0, 0.05) is 50.4 Å². The SMILES string of the molecule is O=C(N[C@H]1CCOC[C@@]12CCN(Cc1ccccn1)C2)N1CCCC1. The summed E-state index contributed by atoms with van der Waals surface area (Å²) in [5, 5.41) is 3.34. The van der Waals surface area contributed by atoms with Crippen LogP contribution in [0.4, 0.5) is 4.79 Å². The number of hydrogen-bond donors (Lipinski definition) is 1. The molecule has 4 rings (SSSR count). The molecule has 0 aromatic carbocycles. The number of nitrogens with one attached hydrogen (secondary N) is 1.